The van der Waals surface area contributed by atoms with Crippen LogP contribution >= 0.6 is 0 Å². The topological polar surface area (TPSA) is 119 Å². The maximum atomic E-state index is 12.0. The maximum absolute atomic E-state index is 12.0. The Morgan fingerprint density at radius 2 is 1.79 bits per heavy atom. The monoisotopic (exact) mass is 331 g/mol. The zero-order valence-electron chi connectivity index (χ0n) is 12.3. The molecule has 2 aromatic rings. The predicted molar refractivity (Wildman–Crippen MR) is 79.2 cm³/mol. The molecular weight excluding hydrogens is 318 g/mol. The van der Waals surface area contributed by atoms with Gasteiger partial charge in [0.25, 0.3) is 17.7 Å². The van der Waals surface area contributed by atoms with Crippen molar-refractivity contribution in [2.75, 3.05) is 13.3 Å². The van der Waals surface area contributed by atoms with Crippen LogP contribution in [0.2, 0.25) is 0 Å². The van der Waals surface area contributed by atoms with Gasteiger partial charge in [-0.2, -0.15) is 0 Å². The van der Waals surface area contributed by atoms with E-state index in [1.807, 2.05) is 0 Å². The van der Waals surface area contributed by atoms with Crippen molar-refractivity contribution >= 4 is 17.7 Å². The van der Waals surface area contributed by atoms with Crippen LogP contribution in [0.15, 0.2) is 41.2 Å². The number of hydrogen-bond acceptors (Lipinski definition) is 6. The van der Waals surface area contributed by atoms with Gasteiger partial charge in [-0.3, -0.25) is 25.2 Å². The molecule has 24 heavy (non-hydrogen) atoms. The summed E-state index contributed by atoms with van der Waals surface area (Å²) in [4.78, 5) is 35.2. The number of ether oxygens (including phenoxy) is 2. The minimum atomic E-state index is -0.582. The summed E-state index contributed by atoms with van der Waals surface area (Å²) in [6.07, 6.45) is 2.61. The second-order valence-corrected chi connectivity index (χ2v) is 4.77. The van der Waals surface area contributed by atoms with Crippen LogP contribution in [0.25, 0.3) is 0 Å². The SMILES string of the molecule is O=C(CNC(=O)c1ccoc1)NNC(=O)c1ccc2c(c1)OCO2. The first-order valence-electron chi connectivity index (χ1n) is 6.93. The molecule has 1 aliphatic heterocycles. The number of benzene rings is 1. The van der Waals surface area contributed by atoms with E-state index < -0.39 is 17.7 Å². The normalized spacial score (nSPS) is 11.7. The molecule has 0 saturated carbocycles. The molecule has 1 aromatic heterocycles. The molecule has 1 aliphatic rings. The third kappa shape index (κ3) is 3.46. The molecule has 9 heteroatoms. The van der Waals surface area contributed by atoms with Gasteiger partial charge in [0.1, 0.15) is 6.26 Å². The highest BCUT2D eigenvalue weighted by molar-refractivity contribution is 5.98. The maximum Gasteiger partial charge on any atom is 0.269 e. The second kappa shape index (κ2) is 6.73. The van der Waals surface area contributed by atoms with E-state index in [-0.39, 0.29) is 13.3 Å². The average Bonchev–Trinajstić information content (AvgIpc) is 3.27. The Kier molecular flexibility index (Phi) is 4.32. The first kappa shape index (κ1) is 15.4. The molecule has 0 aliphatic carbocycles. The van der Waals surface area contributed by atoms with E-state index in [9.17, 15) is 14.4 Å². The van der Waals surface area contributed by atoms with Gasteiger partial charge in [0.2, 0.25) is 6.79 Å². The number of hydrogen-bond donors (Lipinski definition) is 3. The number of carbonyl (C=O) groups excluding carboxylic acids is 3. The highest BCUT2D eigenvalue weighted by Crippen LogP contribution is 2.32. The van der Waals surface area contributed by atoms with Crippen molar-refractivity contribution in [3.8, 4) is 11.5 Å². The van der Waals surface area contributed by atoms with Crippen molar-refractivity contribution in [1.82, 2.24) is 16.2 Å². The van der Waals surface area contributed by atoms with Gasteiger partial charge in [-0.05, 0) is 24.3 Å². The largest absolute Gasteiger partial charge is 0.472 e. The molecule has 0 radical (unpaired) electrons. The zero-order chi connectivity index (χ0) is 16.9. The van der Waals surface area contributed by atoms with Crippen molar-refractivity contribution in [3.05, 3.63) is 47.9 Å². The number of carbonyl (C=O) groups is 3. The Labute approximate surface area is 135 Å². The highest BCUT2D eigenvalue weighted by Gasteiger charge is 2.16. The Morgan fingerprint density at radius 3 is 2.58 bits per heavy atom. The lowest BCUT2D eigenvalue weighted by Gasteiger charge is -2.08. The number of fused-ring (bicyclic) bond motifs is 1. The summed E-state index contributed by atoms with van der Waals surface area (Å²) in [5.41, 5.74) is 5.04. The van der Waals surface area contributed by atoms with Crippen LogP contribution < -0.4 is 25.6 Å². The fourth-order valence-corrected chi connectivity index (χ4v) is 1.94. The van der Waals surface area contributed by atoms with Crippen molar-refractivity contribution in [1.29, 1.82) is 0 Å². The number of amides is 3. The third-order valence-electron chi connectivity index (χ3n) is 3.14. The van der Waals surface area contributed by atoms with E-state index >= 15 is 0 Å². The molecule has 1 aromatic carbocycles. The average molecular weight is 331 g/mol. The molecule has 0 atom stereocenters. The van der Waals surface area contributed by atoms with Crippen LogP contribution in [0.5, 0.6) is 11.5 Å². The number of furan rings is 1. The first-order valence-corrected chi connectivity index (χ1v) is 6.93. The summed E-state index contributed by atoms with van der Waals surface area (Å²) in [7, 11) is 0. The molecule has 0 spiro atoms. The fraction of sp³-hybridized carbons (Fsp3) is 0.133. The number of nitrogens with one attached hydrogen (secondary N) is 3. The summed E-state index contributed by atoms with van der Waals surface area (Å²) < 4.78 is 15.1. The van der Waals surface area contributed by atoms with Crippen LogP contribution in [-0.4, -0.2) is 31.1 Å². The summed E-state index contributed by atoms with van der Waals surface area (Å²) in [6.45, 7) is -0.196. The Hall–Kier alpha value is -3.49. The lowest BCUT2D eigenvalue weighted by molar-refractivity contribution is -0.120. The van der Waals surface area contributed by atoms with Crippen molar-refractivity contribution in [2.24, 2.45) is 0 Å². The third-order valence-corrected chi connectivity index (χ3v) is 3.14. The minimum absolute atomic E-state index is 0.105. The van der Waals surface area contributed by atoms with Gasteiger partial charge in [0.05, 0.1) is 18.4 Å². The van der Waals surface area contributed by atoms with E-state index in [4.69, 9.17) is 13.9 Å². The molecule has 9 nitrogen and oxygen atoms in total. The van der Waals surface area contributed by atoms with Crippen molar-refractivity contribution in [3.63, 3.8) is 0 Å². The van der Waals surface area contributed by atoms with Gasteiger partial charge in [-0.1, -0.05) is 0 Å². The lowest BCUT2D eigenvalue weighted by Crippen LogP contribution is -2.46. The van der Waals surface area contributed by atoms with E-state index in [0.29, 0.717) is 22.6 Å². The molecule has 3 amide bonds. The second-order valence-electron chi connectivity index (χ2n) is 4.77. The Bertz CT molecular complexity index is 772. The number of rotatable bonds is 4. The van der Waals surface area contributed by atoms with Crippen LogP contribution in [0, 0.1) is 0 Å². The van der Waals surface area contributed by atoms with Crippen molar-refractivity contribution in [2.45, 2.75) is 0 Å². The van der Waals surface area contributed by atoms with Gasteiger partial charge in [0, 0.05) is 5.56 Å². The molecular formula is C15H13N3O6. The Morgan fingerprint density at radius 1 is 0.958 bits per heavy atom. The molecule has 0 bridgehead atoms. The predicted octanol–water partition coefficient (Wildman–Crippen LogP) is 0.199. The quantitative estimate of drug-likeness (QED) is 0.689. The van der Waals surface area contributed by atoms with Gasteiger partial charge in [-0.25, -0.2) is 0 Å². The Balaban J connectivity index is 1.45. The molecule has 2 heterocycles. The molecule has 0 fully saturated rings. The molecule has 124 valence electrons. The van der Waals surface area contributed by atoms with Crippen LogP contribution in [-0.2, 0) is 4.79 Å². The summed E-state index contributed by atoms with van der Waals surface area (Å²) in [6, 6.07) is 6.11. The summed E-state index contributed by atoms with van der Waals surface area (Å²) >= 11 is 0. The van der Waals surface area contributed by atoms with Crippen LogP contribution in [0.1, 0.15) is 20.7 Å². The standard InChI is InChI=1S/C15H13N3O6/c19-13(6-16-14(20)10-3-4-22-7-10)17-18-15(21)9-1-2-11-12(5-9)24-8-23-11/h1-5,7H,6,8H2,(H,16,20)(H,17,19)(H,18,21). The van der Waals surface area contributed by atoms with E-state index in [2.05, 4.69) is 16.2 Å². The van der Waals surface area contributed by atoms with Gasteiger partial charge >= 0.3 is 0 Å². The molecule has 0 unspecified atom stereocenters. The fourth-order valence-electron chi connectivity index (χ4n) is 1.94. The van der Waals surface area contributed by atoms with E-state index in [1.165, 1.54) is 30.7 Å². The van der Waals surface area contributed by atoms with E-state index in [0.717, 1.165) is 0 Å². The summed E-state index contributed by atoms with van der Waals surface area (Å²) in [5, 5.41) is 2.38. The van der Waals surface area contributed by atoms with Gasteiger partial charge in [0.15, 0.2) is 11.5 Å². The molecule has 0 saturated heterocycles. The first-order chi connectivity index (χ1) is 11.6. The van der Waals surface area contributed by atoms with Crippen molar-refractivity contribution < 1.29 is 28.3 Å². The summed E-state index contributed by atoms with van der Waals surface area (Å²) in [5.74, 6) is -0.552. The van der Waals surface area contributed by atoms with Crippen LogP contribution in [0.4, 0.5) is 0 Å². The smallest absolute Gasteiger partial charge is 0.269 e. The molecule has 3 N–H and O–H groups in total. The highest BCUT2D eigenvalue weighted by atomic mass is 16.7. The van der Waals surface area contributed by atoms with Crippen LogP contribution in [0.3, 0.4) is 0 Å². The zero-order valence-corrected chi connectivity index (χ0v) is 12.3. The molecule has 3 rings (SSSR count). The van der Waals surface area contributed by atoms with Gasteiger partial charge < -0.3 is 19.2 Å². The number of hydrazine groups is 1. The van der Waals surface area contributed by atoms with Gasteiger partial charge in [-0.15, -0.1) is 0 Å². The lowest BCUT2D eigenvalue weighted by atomic mass is 10.2. The van der Waals surface area contributed by atoms with E-state index in [1.54, 1.807) is 6.07 Å². The minimum Gasteiger partial charge on any atom is -0.472 e.